The number of aromatic nitrogens is 1. The summed E-state index contributed by atoms with van der Waals surface area (Å²) in [5.74, 6) is 0.599. The number of hydrogen-bond acceptors (Lipinski definition) is 3. The molecule has 2 aromatic carbocycles. The van der Waals surface area contributed by atoms with Gasteiger partial charge in [0.25, 0.3) is 4.84 Å². The van der Waals surface area contributed by atoms with E-state index in [1.165, 1.54) is 11.8 Å². The molecule has 7 heteroatoms. The minimum Gasteiger partial charge on any atom is -1.00 e. The van der Waals surface area contributed by atoms with Crippen LogP contribution in [0.15, 0.2) is 59.0 Å². The van der Waals surface area contributed by atoms with Crippen LogP contribution in [0, 0.1) is 4.84 Å². The van der Waals surface area contributed by atoms with Crippen molar-refractivity contribution in [2.75, 3.05) is 0 Å². The van der Waals surface area contributed by atoms with Crippen molar-refractivity contribution in [1.82, 2.24) is 4.57 Å². The van der Waals surface area contributed by atoms with Gasteiger partial charge >= 0.3 is 5.17 Å². The van der Waals surface area contributed by atoms with Crippen LogP contribution in [0.25, 0.3) is 11.1 Å². The lowest BCUT2D eigenvalue weighted by Gasteiger charge is -2.00. The number of oxazole rings is 1. The number of thioether (sulfide) groups is 1. The molecule has 1 aromatic heterocycles. The Bertz CT molecular complexity index is 843. The fraction of sp³-hybridized carbons (Fsp3) is 0.0667. The van der Waals surface area contributed by atoms with Gasteiger partial charge in [-0.2, -0.15) is 0 Å². The minimum atomic E-state index is 0. The van der Waals surface area contributed by atoms with E-state index in [0.717, 1.165) is 16.8 Å². The number of para-hydroxylation sites is 3. The Morgan fingerprint density at radius 2 is 1.82 bits per heavy atom. The maximum atomic E-state index is 6.01. The third kappa shape index (κ3) is 3.71. The zero-order valence-electron chi connectivity index (χ0n) is 11.5. The molecule has 0 saturated heterocycles. The largest absolute Gasteiger partial charge is 1.00 e. The van der Waals surface area contributed by atoms with Crippen molar-refractivity contribution in [2.24, 2.45) is 5.73 Å². The highest BCUT2D eigenvalue weighted by Gasteiger charge is 2.08. The lowest BCUT2D eigenvalue weighted by atomic mass is 10.3. The monoisotopic (exact) mass is 351 g/mol. The first-order valence-electron chi connectivity index (χ1n) is 6.40. The first-order valence-corrected chi connectivity index (χ1v) is 7.79. The van der Waals surface area contributed by atoms with E-state index in [2.05, 4.69) is 4.99 Å². The number of amidine groups is 1. The van der Waals surface area contributed by atoms with Crippen LogP contribution in [0.4, 0.5) is 5.69 Å². The zero-order valence-corrected chi connectivity index (χ0v) is 13.9. The summed E-state index contributed by atoms with van der Waals surface area (Å²) in [4.78, 5) is 3.61. The van der Waals surface area contributed by atoms with Gasteiger partial charge in [0.05, 0.1) is 11.4 Å². The van der Waals surface area contributed by atoms with Crippen LogP contribution in [0.1, 0.15) is 0 Å². The van der Waals surface area contributed by atoms with Gasteiger partial charge < -0.3 is 16.8 Å². The Morgan fingerprint density at radius 1 is 1.14 bits per heavy atom. The van der Waals surface area contributed by atoms with Crippen LogP contribution < -0.4 is 23.1 Å². The Balaban J connectivity index is 0.00000176. The predicted octanol–water partition coefficient (Wildman–Crippen LogP) is -0.615. The molecule has 114 valence electrons. The number of benzene rings is 2. The summed E-state index contributed by atoms with van der Waals surface area (Å²) in [6.07, 6.45) is 0. The molecular formula is C15H14ClN3OS2. The van der Waals surface area contributed by atoms with Gasteiger partial charge in [-0.15, -0.1) is 0 Å². The molecule has 3 rings (SSSR count). The Morgan fingerprint density at radius 3 is 2.59 bits per heavy atom. The zero-order chi connectivity index (χ0) is 14.7. The Labute approximate surface area is 143 Å². The first-order chi connectivity index (χ1) is 10.2. The van der Waals surface area contributed by atoms with Crippen molar-refractivity contribution in [1.29, 1.82) is 0 Å². The molecule has 0 spiro atoms. The molecule has 3 N–H and O–H groups in total. The number of nitrogens with zero attached hydrogens (tertiary/aromatic N) is 1. The summed E-state index contributed by atoms with van der Waals surface area (Å²) < 4.78 is 7.47. The number of rotatable bonds is 3. The maximum Gasteiger partial charge on any atom is 0.308 e. The summed E-state index contributed by atoms with van der Waals surface area (Å²) in [6.45, 7) is 0. The summed E-state index contributed by atoms with van der Waals surface area (Å²) in [5, 5.41) is 0.619. The van der Waals surface area contributed by atoms with Crippen molar-refractivity contribution >= 4 is 45.9 Å². The number of halogens is 1. The molecule has 1 heterocycles. The van der Waals surface area contributed by atoms with Gasteiger partial charge in [0.15, 0.2) is 5.58 Å². The fourth-order valence-corrected chi connectivity index (χ4v) is 3.02. The van der Waals surface area contributed by atoms with Gasteiger partial charge in [-0.3, -0.25) is 10.3 Å². The van der Waals surface area contributed by atoms with Gasteiger partial charge in [-0.1, -0.05) is 30.3 Å². The van der Waals surface area contributed by atoms with Crippen LogP contribution in [0.5, 0.6) is 0 Å². The second-order valence-corrected chi connectivity index (χ2v) is 5.73. The molecule has 4 nitrogen and oxygen atoms in total. The maximum absolute atomic E-state index is 6.01. The summed E-state index contributed by atoms with van der Waals surface area (Å²) in [6, 6.07) is 17.6. The van der Waals surface area contributed by atoms with E-state index in [4.69, 9.17) is 22.4 Å². The van der Waals surface area contributed by atoms with E-state index in [1.807, 2.05) is 59.2 Å². The number of fused-ring (bicyclic) bond motifs is 1. The Hall–Kier alpha value is -1.76. The van der Waals surface area contributed by atoms with Crippen molar-refractivity contribution in [3.05, 3.63) is 59.4 Å². The summed E-state index contributed by atoms with van der Waals surface area (Å²) in [7, 11) is 0. The van der Waals surface area contributed by atoms with Crippen LogP contribution in [0.3, 0.4) is 0 Å². The molecule has 22 heavy (non-hydrogen) atoms. The second kappa shape index (κ2) is 7.49. The predicted molar refractivity (Wildman–Crippen MR) is 88.9 cm³/mol. The van der Waals surface area contributed by atoms with Crippen molar-refractivity contribution in [3.8, 4) is 0 Å². The second-order valence-electron chi connectivity index (χ2n) is 4.39. The highest BCUT2D eigenvalue weighted by molar-refractivity contribution is 8.12. The van der Waals surface area contributed by atoms with E-state index < -0.39 is 0 Å². The smallest absolute Gasteiger partial charge is 0.308 e. The number of nitrogens with two attached hydrogens (primary N) is 1. The number of hydrogen-bond donors (Lipinski definition) is 2. The molecule has 0 aliphatic heterocycles. The standard InChI is InChI=1S/C15H13N3OS2.ClH/c16-14(17-11-6-2-1-3-7-11)21-10-18-12-8-4-5-9-13(12)19-15(18)20;/h1-9H,10H2,(H2,16,17);1H. The lowest BCUT2D eigenvalue weighted by Crippen LogP contribution is -3.00. The van der Waals surface area contributed by atoms with Crippen LogP contribution >= 0.6 is 24.0 Å². The van der Waals surface area contributed by atoms with Crippen molar-refractivity contribution < 1.29 is 21.8 Å². The molecule has 0 amide bonds. The molecule has 0 aliphatic rings. The highest BCUT2D eigenvalue weighted by Crippen LogP contribution is 2.19. The quantitative estimate of drug-likeness (QED) is 0.375. The highest BCUT2D eigenvalue weighted by atomic mass is 35.5. The van der Waals surface area contributed by atoms with Crippen molar-refractivity contribution in [2.45, 2.75) is 5.88 Å². The molecule has 0 radical (unpaired) electrons. The molecule has 0 fully saturated rings. The van der Waals surface area contributed by atoms with Crippen LogP contribution in [-0.2, 0) is 5.88 Å². The molecule has 0 unspecified atom stereocenters. The van der Waals surface area contributed by atoms with Crippen LogP contribution in [-0.4, -0.2) is 9.73 Å². The third-order valence-corrected chi connectivity index (χ3v) is 4.07. The van der Waals surface area contributed by atoms with E-state index in [-0.39, 0.29) is 12.4 Å². The van der Waals surface area contributed by atoms with Gasteiger partial charge in [0.2, 0.25) is 0 Å². The molecule has 0 saturated carbocycles. The van der Waals surface area contributed by atoms with Crippen molar-refractivity contribution in [3.63, 3.8) is 0 Å². The Kier molecular flexibility index (Phi) is 5.65. The fourth-order valence-electron chi connectivity index (χ4n) is 1.97. The topological polar surface area (TPSA) is 58.1 Å². The average molecular weight is 352 g/mol. The third-order valence-electron chi connectivity index (χ3n) is 2.96. The normalized spacial score (nSPS) is 11.4. The van der Waals surface area contributed by atoms with E-state index in [0.29, 0.717) is 15.9 Å². The van der Waals surface area contributed by atoms with Gasteiger partial charge in [0.1, 0.15) is 5.69 Å². The average Bonchev–Trinajstić information content (AvgIpc) is 2.81. The number of nitrogens with one attached hydrogen (secondary N) is 1. The van der Waals surface area contributed by atoms with Gasteiger partial charge in [0, 0.05) is 0 Å². The molecule has 3 aromatic rings. The van der Waals surface area contributed by atoms with Gasteiger partial charge in [-0.25, -0.2) is 4.99 Å². The SMILES string of the molecule is NC(=[NH+]c1ccccc1)SCn1c(=S)oc2ccccc21.[Cl-]. The molecule has 0 bridgehead atoms. The van der Waals surface area contributed by atoms with E-state index >= 15 is 0 Å². The molecular weight excluding hydrogens is 338 g/mol. The van der Waals surface area contributed by atoms with E-state index in [9.17, 15) is 0 Å². The van der Waals surface area contributed by atoms with E-state index in [1.54, 1.807) is 0 Å². The first kappa shape index (κ1) is 16.6. The van der Waals surface area contributed by atoms with Gasteiger partial charge in [-0.05, 0) is 48.2 Å². The molecule has 0 aliphatic carbocycles. The molecule has 0 atom stereocenters. The van der Waals surface area contributed by atoms with Crippen LogP contribution in [0.2, 0.25) is 0 Å². The summed E-state index contributed by atoms with van der Waals surface area (Å²) in [5.41, 5.74) is 8.73. The minimum absolute atomic E-state index is 0. The lowest BCUT2D eigenvalue weighted by molar-refractivity contribution is -0.351. The summed E-state index contributed by atoms with van der Waals surface area (Å²) >= 11 is 6.72.